The Morgan fingerprint density at radius 2 is 1.83 bits per heavy atom. The van der Waals surface area contributed by atoms with Crippen LogP contribution in [0.25, 0.3) is 16.7 Å². The van der Waals surface area contributed by atoms with Gasteiger partial charge in [0.1, 0.15) is 12.0 Å². The Morgan fingerprint density at radius 1 is 1.08 bits per heavy atom. The van der Waals surface area contributed by atoms with Crippen molar-refractivity contribution < 1.29 is 13.6 Å². The molecule has 6 rings (SSSR count). The van der Waals surface area contributed by atoms with Crippen molar-refractivity contribution in [2.75, 3.05) is 0 Å². The van der Waals surface area contributed by atoms with Crippen LogP contribution in [0.3, 0.4) is 0 Å². The highest BCUT2D eigenvalue weighted by atomic mass is 32.1. The van der Waals surface area contributed by atoms with Crippen molar-refractivity contribution in [1.29, 1.82) is 0 Å². The van der Waals surface area contributed by atoms with Crippen LogP contribution in [0.15, 0.2) is 36.8 Å². The fraction of sp³-hybridized carbons (Fsp3) is 0.417. The Hall–Kier alpha value is -2.31. The van der Waals surface area contributed by atoms with Crippen LogP contribution in [0.5, 0.6) is 0 Å². The van der Waals surface area contributed by atoms with Crippen LogP contribution in [0, 0.1) is 6.92 Å². The third kappa shape index (κ3) is 4.37. The van der Waals surface area contributed by atoms with Crippen molar-refractivity contribution in [3.05, 3.63) is 59.3 Å². The molecule has 0 aliphatic carbocycles. The first kappa shape index (κ1) is 28.3. The lowest BCUT2D eigenvalue weighted by Crippen LogP contribution is -2.48. The molecule has 1 aromatic carbocycles. The second kappa shape index (κ2) is 10.6. The van der Waals surface area contributed by atoms with E-state index in [9.17, 15) is 13.6 Å². The highest BCUT2D eigenvalue weighted by molar-refractivity contribution is 7.59. The standard InChI is InChI=1S/C24H24F2N6O.3H2S/c1-13-9-20-14(7-8-30(20)2)10-17(13)23(33)31-15-3-5-16(19(31)6-4-15)21-11-18(22(25)26)29-24-27-12-28-32(21)24;;;/h7-12,15-16,19,22H,3-6H2,1-2H3;3*1H2/t15-,16-,19-;;;/m0.../s1. The van der Waals surface area contributed by atoms with Gasteiger partial charge in [0.25, 0.3) is 18.1 Å². The number of benzene rings is 1. The summed E-state index contributed by atoms with van der Waals surface area (Å²) in [6.45, 7) is 1.97. The third-order valence-electron chi connectivity index (χ3n) is 7.42. The molecule has 4 aromatic rings. The maximum Gasteiger partial charge on any atom is 0.280 e. The summed E-state index contributed by atoms with van der Waals surface area (Å²) in [7, 11) is 1.99. The van der Waals surface area contributed by atoms with Gasteiger partial charge in [0.15, 0.2) is 0 Å². The summed E-state index contributed by atoms with van der Waals surface area (Å²) < 4.78 is 30.7. The van der Waals surface area contributed by atoms with E-state index in [1.807, 2.05) is 41.8 Å². The number of halogens is 2. The lowest BCUT2D eigenvalue weighted by Gasteiger charge is -2.40. The molecule has 5 heterocycles. The normalized spacial score (nSPS) is 20.8. The van der Waals surface area contributed by atoms with Gasteiger partial charge in [-0.25, -0.2) is 18.3 Å². The Morgan fingerprint density at radius 3 is 2.58 bits per heavy atom. The molecular weight excluding hydrogens is 523 g/mol. The van der Waals surface area contributed by atoms with E-state index in [-0.39, 0.29) is 75.9 Å². The number of nitrogens with zero attached hydrogens (tertiary/aromatic N) is 6. The zero-order valence-corrected chi connectivity index (χ0v) is 22.9. The number of aryl methyl sites for hydroxylation is 2. The van der Waals surface area contributed by atoms with Gasteiger partial charge in [-0.1, -0.05) is 0 Å². The molecule has 2 aliphatic rings. The highest BCUT2D eigenvalue weighted by Gasteiger charge is 2.46. The van der Waals surface area contributed by atoms with Crippen molar-refractivity contribution in [3.8, 4) is 0 Å². The summed E-state index contributed by atoms with van der Waals surface area (Å²) in [6, 6.07) is 7.60. The minimum Gasteiger partial charge on any atom is -0.351 e. The van der Waals surface area contributed by atoms with Crippen LogP contribution in [0.1, 0.15) is 65.3 Å². The monoisotopic (exact) mass is 552 g/mol. The third-order valence-corrected chi connectivity index (χ3v) is 7.42. The molecule has 0 unspecified atom stereocenters. The number of rotatable bonds is 3. The van der Waals surface area contributed by atoms with E-state index in [0.29, 0.717) is 11.3 Å². The molecule has 36 heavy (non-hydrogen) atoms. The van der Waals surface area contributed by atoms with Gasteiger partial charge < -0.3 is 9.47 Å². The van der Waals surface area contributed by atoms with Gasteiger partial charge in [-0.2, -0.15) is 50.6 Å². The molecule has 194 valence electrons. The van der Waals surface area contributed by atoms with Crippen molar-refractivity contribution in [2.45, 2.75) is 57.0 Å². The van der Waals surface area contributed by atoms with Gasteiger partial charge in [0.2, 0.25) is 0 Å². The minimum atomic E-state index is -2.69. The Bertz CT molecular complexity index is 1410. The number of alkyl halides is 2. The van der Waals surface area contributed by atoms with Crippen molar-refractivity contribution in [2.24, 2.45) is 7.05 Å². The summed E-state index contributed by atoms with van der Waals surface area (Å²) in [5.41, 5.74) is 3.10. The summed E-state index contributed by atoms with van der Waals surface area (Å²) in [5.74, 6) is 0.0951. The lowest BCUT2D eigenvalue weighted by molar-refractivity contribution is 0.0553. The largest absolute Gasteiger partial charge is 0.351 e. The summed E-state index contributed by atoms with van der Waals surface area (Å²) in [4.78, 5) is 23.9. The number of hydrogen-bond donors (Lipinski definition) is 0. The van der Waals surface area contributed by atoms with Crippen molar-refractivity contribution in [3.63, 3.8) is 0 Å². The maximum absolute atomic E-state index is 13.8. The fourth-order valence-corrected chi connectivity index (χ4v) is 5.84. The van der Waals surface area contributed by atoms with Crippen LogP contribution < -0.4 is 0 Å². The van der Waals surface area contributed by atoms with Crippen LogP contribution in [0.2, 0.25) is 0 Å². The quantitative estimate of drug-likeness (QED) is 0.368. The Kier molecular flexibility index (Phi) is 8.31. The number of carbonyl (C=O) groups is 1. The predicted octanol–water partition coefficient (Wildman–Crippen LogP) is 4.75. The lowest BCUT2D eigenvalue weighted by atomic mass is 9.86. The molecule has 1 amide bonds. The number of aromatic nitrogens is 5. The topological polar surface area (TPSA) is 68.3 Å². The van der Waals surface area contributed by atoms with E-state index < -0.39 is 6.43 Å². The number of piperidine rings is 1. The molecule has 12 heteroatoms. The molecule has 2 saturated heterocycles. The van der Waals surface area contributed by atoms with E-state index in [4.69, 9.17) is 0 Å². The summed E-state index contributed by atoms with van der Waals surface area (Å²) >= 11 is 0. The molecule has 3 atom stereocenters. The first-order chi connectivity index (χ1) is 15.9. The van der Waals surface area contributed by atoms with Gasteiger partial charge in [0.05, 0.1) is 5.69 Å². The highest BCUT2D eigenvalue weighted by Crippen LogP contribution is 2.45. The maximum atomic E-state index is 13.8. The average Bonchev–Trinajstić information content (AvgIpc) is 3.49. The average molecular weight is 553 g/mol. The summed E-state index contributed by atoms with van der Waals surface area (Å²) in [5, 5.41) is 5.28. The van der Waals surface area contributed by atoms with E-state index >= 15 is 0 Å². The zero-order valence-electron chi connectivity index (χ0n) is 19.9. The van der Waals surface area contributed by atoms with E-state index in [1.165, 1.54) is 12.4 Å². The number of amides is 1. The Balaban J connectivity index is 0.00000120. The Labute approximate surface area is 228 Å². The molecule has 2 fully saturated rings. The van der Waals surface area contributed by atoms with Crippen LogP contribution in [0.4, 0.5) is 8.78 Å². The molecular formula is C24H30F2N6OS3. The van der Waals surface area contributed by atoms with Gasteiger partial charge >= 0.3 is 0 Å². The SMILES string of the molecule is Cc1cc2c(ccn2C)cc1C(=O)N1[C@H]2CC[C@H](c3cc(C(F)F)nc4ncnn34)[C@@H]1CC2.S.S.S. The second-order valence-corrected chi connectivity index (χ2v) is 9.23. The van der Waals surface area contributed by atoms with Crippen molar-refractivity contribution >= 4 is 63.1 Å². The van der Waals surface area contributed by atoms with E-state index in [2.05, 4.69) is 21.1 Å². The molecule has 2 bridgehead atoms. The van der Waals surface area contributed by atoms with E-state index in [0.717, 1.165) is 42.1 Å². The fourth-order valence-electron chi connectivity index (χ4n) is 5.84. The van der Waals surface area contributed by atoms with Crippen molar-refractivity contribution in [1.82, 2.24) is 29.0 Å². The first-order valence-electron chi connectivity index (χ1n) is 11.3. The van der Waals surface area contributed by atoms with Crippen LogP contribution in [-0.2, 0) is 7.05 Å². The number of carbonyl (C=O) groups excluding carboxylic acids is 1. The second-order valence-electron chi connectivity index (χ2n) is 9.23. The van der Waals surface area contributed by atoms with Crippen LogP contribution >= 0.6 is 40.5 Å². The number of hydrogen-bond acceptors (Lipinski definition) is 4. The molecule has 3 aromatic heterocycles. The molecule has 0 radical (unpaired) electrons. The van der Waals surface area contributed by atoms with E-state index in [1.54, 1.807) is 4.52 Å². The predicted molar refractivity (Wildman–Crippen MR) is 149 cm³/mol. The number of fused-ring (bicyclic) bond motifs is 4. The minimum absolute atomic E-state index is 0. The molecule has 0 saturated carbocycles. The molecule has 0 spiro atoms. The zero-order chi connectivity index (χ0) is 22.9. The smallest absolute Gasteiger partial charge is 0.280 e. The van der Waals surface area contributed by atoms with Crippen LogP contribution in [-0.4, -0.2) is 47.0 Å². The van der Waals surface area contributed by atoms with Gasteiger partial charge in [-0.05, 0) is 62.4 Å². The molecule has 7 nitrogen and oxygen atoms in total. The molecule has 2 aliphatic heterocycles. The first-order valence-corrected chi connectivity index (χ1v) is 11.3. The summed E-state index contributed by atoms with van der Waals surface area (Å²) in [6.07, 6.45) is 4.06. The van der Waals surface area contributed by atoms with Gasteiger partial charge in [0, 0.05) is 47.7 Å². The van der Waals surface area contributed by atoms with Gasteiger partial charge in [-0.15, -0.1) is 0 Å². The van der Waals surface area contributed by atoms with Gasteiger partial charge in [-0.3, -0.25) is 4.79 Å². The molecule has 0 N–H and O–H groups in total.